The van der Waals surface area contributed by atoms with E-state index >= 15 is 0 Å². The Bertz CT molecular complexity index is 773. The second-order valence-electron chi connectivity index (χ2n) is 6.79. The van der Waals surface area contributed by atoms with Crippen LogP contribution in [0.25, 0.3) is 0 Å². The topological polar surface area (TPSA) is 92.6 Å². The van der Waals surface area contributed by atoms with Crippen molar-refractivity contribution in [1.29, 1.82) is 0 Å². The first-order chi connectivity index (χ1) is 11.8. The number of aryl methyl sites for hydroxylation is 1. The maximum Gasteiger partial charge on any atom is 0.244 e. The van der Waals surface area contributed by atoms with E-state index in [2.05, 4.69) is 5.10 Å². The van der Waals surface area contributed by atoms with Gasteiger partial charge in [-0.15, -0.1) is 0 Å². The lowest BCUT2D eigenvalue weighted by molar-refractivity contribution is -0.146. The molecule has 0 radical (unpaired) electrons. The number of amides is 2. The van der Waals surface area contributed by atoms with Crippen LogP contribution in [0.15, 0.2) is 12.3 Å². The minimum absolute atomic E-state index is 0.0237. The van der Waals surface area contributed by atoms with Gasteiger partial charge in [0, 0.05) is 25.7 Å². The van der Waals surface area contributed by atoms with Crippen LogP contribution in [-0.2, 0) is 26.0 Å². The number of nitrogens with zero attached hydrogens (tertiary/aromatic N) is 4. The van der Waals surface area contributed by atoms with Crippen LogP contribution in [0, 0.1) is 6.92 Å². The Morgan fingerprint density at radius 3 is 2.28 bits per heavy atom. The van der Waals surface area contributed by atoms with Gasteiger partial charge in [-0.2, -0.15) is 5.10 Å². The molecule has 0 N–H and O–H groups in total. The van der Waals surface area contributed by atoms with E-state index in [0.717, 1.165) is 12.1 Å². The van der Waals surface area contributed by atoms with Gasteiger partial charge in [-0.3, -0.25) is 14.3 Å². The molecule has 25 heavy (non-hydrogen) atoms. The number of fused-ring (bicyclic) bond motifs is 1. The number of carbonyl (C=O) groups excluding carboxylic acids is 2. The van der Waals surface area contributed by atoms with Crippen molar-refractivity contribution in [1.82, 2.24) is 19.6 Å². The van der Waals surface area contributed by atoms with E-state index in [4.69, 9.17) is 0 Å². The van der Waals surface area contributed by atoms with Gasteiger partial charge in [-0.05, 0) is 19.4 Å². The largest absolute Gasteiger partial charge is 0.335 e. The molecule has 2 aliphatic heterocycles. The highest BCUT2D eigenvalue weighted by Crippen LogP contribution is 2.28. The summed E-state index contributed by atoms with van der Waals surface area (Å²) in [5.74, 6) is -0.308. The number of carbonyl (C=O) groups is 2. The van der Waals surface area contributed by atoms with E-state index in [9.17, 15) is 18.0 Å². The molecule has 138 valence electrons. The lowest BCUT2D eigenvalue weighted by atomic mass is 10.0. The van der Waals surface area contributed by atoms with Crippen molar-refractivity contribution in [3.05, 3.63) is 18.0 Å². The lowest BCUT2D eigenvalue weighted by Gasteiger charge is -2.44. The maximum atomic E-state index is 12.7. The number of hydrogen-bond donors (Lipinski definition) is 0. The van der Waals surface area contributed by atoms with Crippen LogP contribution < -0.4 is 0 Å². The van der Waals surface area contributed by atoms with Crippen LogP contribution in [0.2, 0.25) is 0 Å². The van der Waals surface area contributed by atoms with Gasteiger partial charge in [0.15, 0.2) is 9.84 Å². The van der Waals surface area contributed by atoms with Crippen LogP contribution in [0.5, 0.6) is 0 Å². The van der Waals surface area contributed by atoms with Crippen molar-refractivity contribution >= 4 is 21.7 Å². The summed E-state index contributed by atoms with van der Waals surface area (Å²) in [5, 5.41) is 4.21. The minimum atomic E-state index is -3.26. The van der Waals surface area contributed by atoms with Crippen molar-refractivity contribution in [3.8, 4) is 0 Å². The van der Waals surface area contributed by atoms with Gasteiger partial charge in [0.1, 0.15) is 6.54 Å². The normalized spacial score (nSPS) is 25.0. The molecule has 1 aromatic heterocycles. The fourth-order valence-corrected chi connectivity index (χ4v) is 5.69. The molecule has 2 fully saturated rings. The first-order valence-corrected chi connectivity index (χ1v) is 10.4. The SMILES string of the molecule is CCCC(=O)N1CCN(C(=O)Cn2ccc(C)n2)[C@H]2CS(=O)(=O)C[C@H]21. The van der Waals surface area contributed by atoms with E-state index in [-0.39, 0.29) is 29.9 Å². The Morgan fingerprint density at radius 2 is 1.76 bits per heavy atom. The van der Waals surface area contributed by atoms with Gasteiger partial charge >= 0.3 is 0 Å². The van der Waals surface area contributed by atoms with E-state index < -0.39 is 21.9 Å². The average Bonchev–Trinajstić information content (AvgIpc) is 3.07. The van der Waals surface area contributed by atoms with Gasteiger partial charge in [0.05, 0.1) is 29.3 Å². The highest BCUT2D eigenvalue weighted by atomic mass is 32.2. The van der Waals surface area contributed by atoms with Gasteiger partial charge in [0.25, 0.3) is 0 Å². The molecular formula is C16H24N4O4S. The molecule has 2 amide bonds. The third-order valence-corrected chi connectivity index (χ3v) is 6.55. The molecule has 1 aromatic rings. The Kier molecular flexibility index (Phi) is 4.86. The molecule has 8 nitrogen and oxygen atoms in total. The molecule has 0 aromatic carbocycles. The summed E-state index contributed by atoms with van der Waals surface area (Å²) >= 11 is 0. The van der Waals surface area contributed by atoms with Crippen molar-refractivity contribution in [2.45, 2.75) is 45.3 Å². The summed E-state index contributed by atoms with van der Waals surface area (Å²) in [7, 11) is -3.26. The summed E-state index contributed by atoms with van der Waals surface area (Å²) in [6.07, 6.45) is 2.86. The molecule has 0 unspecified atom stereocenters. The van der Waals surface area contributed by atoms with Crippen LogP contribution in [-0.4, -0.2) is 76.5 Å². The molecule has 2 saturated heterocycles. The number of sulfone groups is 1. The molecule has 0 spiro atoms. The van der Waals surface area contributed by atoms with Crippen LogP contribution >= 0.6 is 0 Å². The first-order valence-electron chi connectivity index (χ1n) is 8.60. The number of piperazine rings is 1. The molecule has 2 aliphatic rings. The Morgan fingerprint density at radius 1 is 1.16 bits per heavy atom. The summed E-state index contributed by atoms with van der Waals surface area (Å²) in [4.78, 5) is 28.3. The van der Waals surface area contributed by atoms with Crippen molar-refractivity contribution in [2.24, 2.45) is 0 Å². The van der Waals surface area contributed by atoms with Gasteiger partial charge in [-0.1, -0.05) is 6.92 Å². The molecule has 0 aliphatic carbocycles. The van der Waals surface area contributed by atoms with Crippen molar-refractivity contribution in [3.63, 3.8) is 0 Å². The molecular weight excluding hydrogens is 344 g/mol. The van der Waals surface area contributed by atoms with Gasteiger partial charge in [0.2, 0.25) is 11.8 Å². The summed E-state index contributed by atoms with van der Waals surface area (Å²) in [6, 6.07) is 0.933. The molecule has 0 bridgehead atoms. The Balaban J connectivity index is 1.78. The first kappa shape index (κ1) is 17.9. The van der Waals surface area contributed by atoms with E-state index in [1.54, 1.807) is 20.7 Å². The van der Waals surface area contributed by atoms with E-state index in [1.807, 2.05) is 19.9 Å². The zero-order valence-electron chi connectivity index (χ0n) is 14.6. The van der Waals surface area contributed by atoms with Crippen LogP contribution in [0.4, 0.5) is 0 Å². The maximum absolute atomic E-state index is 12.7. The zero-order chi connectivity index (χ0) is 18.2. The number of aromatic nitrogens is 2. The third kappa shape index (κ3) is 3.70. The zero-order valence-corrected chi connectivity index (χ0v) is 15.4. The summed E-state index contributed by atoms with van der Waals surface area (Å²) < 4.78 is 25.9. The second kappa shape index (κ2) is 6.78. The van der Waals surface area contributed by atoms with Crippen LogP contribution in [0.1, 0.15) is 25.5 Å². The van der Waals surface area contributed by atoms with E-state index in [0.29, 0.717) is 19.5 Å². The van der Waals surface area contributed by atoms with Crippen molar-refractivity contribution < 1.29 is 18.0 Å². The quantitative estimate of drug-likeness (QED) is 0.736. The second-order valence-corrected chi connectivity index (χ2v) is 8.94. The van der Waals surface area contributed by atoms with Crippen molar-refractivity contribution in [2.75, 3.05) is 24.6 Å². The number of hydrogen-bond acceptors (Lipinski definition) is 5. The molecule has 3 heterocycles. The molecule has 3 rings (SSSR count). The Hall–Kier alpha value is -1.90. The standard InChI is InChI=1S/C16H24N4O4S/c1-3-4-15(21)19-7-8-20(14-11-25(23,24)10-13(14)19)16(22)9-18-6-5-12(2)17-18/h5-6,13-14H,3-4,7-11H2,1-2H3/t13-,14+/m1/s1. The molecule has 2 atom stereocenters. The molecule has 0 saturated carbocycles. The summed E-state index contributed by atoms with van der Waals surface area (Å²) in [6.45, 7) is 4.61. The third-order valence-electron chi connectivity index (χ3n) is 4.85. The average molecular weight is 368 g/mol. The monoisotopic (exact) mass is 368 g/mol. The van der Waals surface area contributed by atoms with Gasteiger partial charge in [-0.25, -0.2) is 8.42 Å². The predicted molar refractivity (Wildman–Crippen MR) is 91.5 cm³/mol. The number of rotatable bonds is 4. The Labute approximate surface area is 147 Å². The molecule has 9 heteroatoms. The summed E-state index contributed by atoms with van der Waals surface area (Å²) in [5.41, 5.74) is 0.823. The predicted octanol–water partition coefficient (Wildman–Crippen LogP) is -0.172. The van der Waals surface area contributed by atoms with Gasteiger partial charge < -0.3 is 9.80 Å². The minimum Gasteiger partial charge on any atom is -0.335 e. The van der Waals surface area contributed by atoms with E-state index in [1.165, 1.54) is 0 Å². The van der Waals surface area contributed by atoms with Crippen LogP contribution in [0.3, 0.4) is 0 Å². The smallest absolute Gasteiger partial charge is 0.244 e. The highest BCUT2D eigenvalue weighted by Gasteiger charge is 2.49. The lowest BCUT2D eigenvalue weighted by Crippen LogP contribution is -2.62. The highest BCUT2D eigenvalue weighted by molar-refractivity contribution is 7.91. The fraction of sp³-hybridized carbons (Fsp3) is 0.688. The fourth-order valence-electron chi connectivity index (χ4n) is 3.71.